The molecule has 6 heteroatoms. The number of aromatic nitrogens is 2. The van der Waals surface area contributed by atoms with Crippen molar-refractivity contribution in [1.82, 2.24) is 9.78 Å². The Morgan fingerprint density at radius 2 is 2.37 bits per heavy atom. The van der Waals surface area contributed by atoms with Crippen molar-refractivity contribution in [3.05, 3.63) is 30.1 Å². The van der Waals surface area contributed by atoms with E-state index < -0.39 is 9.84 Å². The Kier molecular flexibility index (Phi) is 3.89. The summed E-state index contributed by atoms with van der Waals surface area (Å²) in [7, 11) is -2.95. The maximum atomic E-state index is 11.5. The van der Waals surface area contributed by atoms with Crippen molar-refractivity contribution < 1.29 is 13.2 Å². The van der Waals surface area contributed by atoms with Gasteiger partial charge in [-0.2, -0.15) is 5.10 Å². The summed E-state index contributed by atoms with van der Waals surface area (Å²) in [6.45, 7) is 5.66. The van der Waals surface area contributed by atoms with Crippen molar-refractivity contribution in [3.63, 3.8) is 0 Å². The van der Waals surface area contributed by atoms with Gasteiger partial charge in [-0.25, -0.2) is 8.42 Å². The molecule has 1 aliphatic heterocycles. The van der Waals surface area contributed by atoms with Crippen LogP contribution in [0.15, 0.2) is 18.9 Å². The first-order valence-corrected chi connectivity index (χ1v) is 8.14. The highest BCUT2D eigenvalue weighted by Crippen LogP contribution is 2.27. The number of hydrogen-bond acceptors (Lipinski definition) is 4. The molecule has 1 saturated heterocycles. The highest BCUT2D eigenvalue weighted by Gasteiger charge is 2.30. The van der Waals surface area contributed by atoms with E-state index in [1.54, 1.807) is 17.0 Å². The predicted octanol–water partition coefficient (Wildman–Crippen LogP) is 1.73. The SMILES string of the molecule is C=CCC(C)c1nn(C2CCS(=O)(=O)C2)cc1C=O. The number of aldehydes is 1. The molecule has 0 spiro atoms. The van der Waals surface area contributed by atoms with E-state index in [4.69, 9.17) is 0 Å². The van der Waals surface area contributed by atoms with Gasteiger partial charge in [0, 0.05) is 12.1 Å². The molecule has 1 aliphatic rings. The van der Waals surface area contributed by atoms with Crippen molar-refractivity contribution >= 4 is 16.1 Å². The highest BCUT2D eigenvalue weighted by molar-refractivity contribution is 7.91. The number of carbonyl (C=O) groups excluding carboxylic acids is 1. The summed E-state index contributed by atoms with van der Waals surface area (Å²) in [6.07, 6.45) is 5.53. The molecule has 1 aromatic heterocycles. The topological polar surface area (TPSA) is 69.0 Å². The highest BCUT2D eigenvalue weighted by atomic mass is 32.2. The fourth-order valence-corrected chi connectivity index (χ4v) is 4.13. The summed E-state index contributed by atoms with van der Waals surface area (Å²) in [6, 6.07) is -0.145. The maximum Gasteiger partial charge on any atom is 0.153 e. The van der Waals surface area contributed by atoms with E-state index in [0.29, 0.717) is 12.0 Å². The van der Waals surface area contributed by atoms with Crippen LogP contribution in [0.25, 0.3) is 0 Å². The molecule has 0 amide bonds. The average molecular weight is 282 g/mol. The lowest BCUT2D eigenvalue weighted by molar-refractivity contribution is 0.112. The van der Waals surface area contributed by atoms with Crippen LogP contribution in [-0.2, 0) is 9.84 Å². The summed E-state index contributed by atoms with van der Waals surface area (Å²) in [5, 5.41) is 4.42. The minimum atomic E-state index is -2.95. The molecule has 0 N–H and O–H groups in total. The Morgan fingerprint density at radius 1 is 1.63 bits per heavy atom. The number of allylic oxidation sites excluding steroid dienone is 1. The van der Waals surface area contributed by atoms with E-state index >= 15 is 0 Å². The molecule has 5 nitrogen and oxygen atoms in total. The van der Waals surface area contributed by atoms with Gasteiger partial charge >= 0.3 is 0 Å². The van der Waals surface area contributed by atoms with Crippen molar-refractivity contribution in [1.29, 1.82) is 0 Å². The van der Waals surface area contributed by atoms with E-state index in [-0.39, 0.29) is 23.5 Å². The van der Waals surface area contributed by atoms with E-state index in [1.807, 2.05) is 6.92 Å². The van der Waals surface area contributed by atoms with Crippen LogP contribution in [0.4, 0.5) is 0 Å². The first-order valence-electron chi connectivity index (χ1n) is 6.32. The normalized spacial score (nSPS) is 23.1. The van der Waals surface area contributed by atoms with Gasteiger partial charge in [-0.3, -0.25) is 9.48 Å². The lowest BCUT2D eigenvalue weighted by atomic mass is 10.0. The van der Waals surface area contributed by atoms with Crippen molar-refractivity contribution in [2.75, 3.05) is 11.5 Å². The quantitative estimate of drug-likeness (QED) is 0.609. The van der Waals surface area contributed by atoms with Gasteiger partial charge in [0.2, 0.25) is 0 Å². The maximum absolute atomic E-state index is 11.5. The number of hydrogen-bond donors (Lipinski definition) is 0. The monoisotopic (exact) mass is 282 g/mol. The van der Waals surface area contributed by atoms with Gasteiger partial charge < -0.3 is 0 Å². The number of nitrogens with zero attached hydrogens (tertiary/aromatic N) is 2. The van der Waals surface area contributed by atoms with Crippen LogP contribution in [0.3, 0.4) is 0 Å². The zero-order valence-corrected chi connectivity index (χ0v) is 11.8. The molecule has 2 rings (SSSR count). The summed E-state index contributed by atoms with van der Waals surface area (Å²) >= 11 is 0. The van der Waals surface area contributed by atoms with Crippen LogP contribution < -0.4 is 0 Å². The molecule has 1 aromatic rings. The fraction of sp³-hybridized carbons (Fsp3) is 0.538. The molecule has 2 heterocycles. The molecule has 19 heavy (non-hydrogen) atoms. The smallest absolute Gasteiger partial charge is 0.153 e. The van der Waals surface area contributed by atoms with E-state index in [0.717, 1.165) is 18.4 Å². The average Bonchev–Trinajstić information content (AvgIpc) is 2.92. The second kappa shape index (κ2) is 5.28. The van der Waals surface area contributed by atoms with Crippen LogP contribution in [0.2, 0.25) is 0 Å². The first kappa shape index (κ1) is 14.0. The Morgan fingerprint density at radius 3 is 2.89 bits per heavy atom. The van der Waals surface area contributed by atoms with Gasteiger partial charge in [0.25, 0.3) is 0 Å². The predicted molar refractivity (Wildman–Crippen MR) is 73.2 cm³/mol. The Labute approximate surface area is 113 Å². The Balaban J connectivity index is 2.29. The molecule has 0 aliphatic carbocycles. The molecule has 1 fully saturated rings. The van der Waals surface area contributed by atoms with Gasteiger partial charge in [0.15, 0.2) is 16.1 Å². The van der Waals surface area contributed by atoms with Gasteiger partial charge in [-0.1, -0.05) is 13.0 Å². The zero-order chi connectivity index (χ0) is 14.0. The third-order valence-electron chi connectivity index (χ3n) is 3.49. The number of carbonyl (C=O) groups is 1. The Hall–Kier alpha value is -1.43. The summed E-state index contributed by atoms with van der Waals surface area (Å²) in [4.78, 5) is 11.1. The van der Waals surface area contributed by atoms with Gasteiger partial charge in [-0.05, 0) is 12.8 Å². The standard InChI is InChI=1S/C13H18N2O3S/c1-3-4-10(2)13-11(8-16)7-15(14-13)12-5-6-19(17,18)9-12/h3,7-8,10,12H,1,4-6,9H2,2H3. The van der Waals surface area contributed by atoms with Gasteiger partial charge in [0.1, 0.15) is 0 Å². The third kappa shape index (κ3) is 2.94. The molecular formula is C13H18N2O3S. The lowest BCUT2D eigenvalue weighted by Gasteiger charge is -2.09. The summed E-state index contributed by atoms with van der Waals surface area (Å²) < 4.78 is 24.6. The second-order valence-corrected chi connectivity index (χ2v) is 7.28. The molecular weight excluding hydrogens is 264 g/mol. The number of rotatable bonds is 5. The second-order valence-electron chi connectivity index (χ2n) is 5.05. The largest absolute Gasteiger partial charge is 0.298 e. The molecule has 2 unspecified atom stereocenters. The van der Waals surface area contributed by atoms with Crippen LogP contribution in [0.1, 0.15) is 47.8 Å². The number of sulfone groups is 1. The summed E-state index contributed by atoms with van der Waals surface area (Å²) in [5.74, 6) is 0.422. The minimum absolute atomic E-state index is 0.108. The molecule has 2 atom stereocenters. The van der Waals surface area contributed by atoms with Crippen molar-refractivity contribution in [3.8, 4) is 0 Å². The van der Waals surface area contributed by atoms with E-state index in [2.05, 4.69) is 11.7 Å². The van der Waals surface area contributed by atoms with Crippen LogP contribution >= 0.6 is 0 Å². The Bertz CT molecular complexity index is 589. The first-order chi connectivity index (χ1) is 8.96. The third-order valence-corrected chi connectivity index (χ3v) is 5.24. The molecule has 0 radical (unpaired) electrons. The molecule has 0 saturated carbocycles. The van der Waals surface area contributed by atoms with Gasteiger partial charge in [0.05, 0.1) is 28.8 Å². The molecule has 0 bridgehead atoms. The van der Waals surface area contributed by atoms with Gasteiger partial charge in [-0.15, -0.1) is 6.58 Å². The van der Waals surface area contributed by atoms with Crippen molar-refractivity contribution in [2.24, 2.45) is 0 Å². The fourth-order valence-electron chi connectivity index (χ4n) is 2.43. The van der Waals surface area contributed by atoms with Crippen LogP contribution in [-0.4, -0.2) is 36.0 Å². The lowest BCUT2D eigenvalue weighted by Crippen LogP contribution is -2.12. The van der Waals surface area contributed by atoms with Crippen molar-refractivity contribution in [2.45, 2.75) is 31.7 Å². The summed E-state index contributed by atoms with van der Waals surface area (Å²) in [5.41, 5.74) is 1.26. The molecule has 104 valence electrons. The molecule has 0 aromatic carbocycles. The zero-order valence-electron chi connectivity index (χ0n) is 10.9. The van der Waals surface area contributed by atoms with Crippen LogP contribution in [0, 0.1) is 0 Å². The van der Waals surface area contributed by atoms with Crippen LogP contribution in [0.5, 0.6) is 0 Å². The van der Waals surface area contributed by atoms with E-state index in [9.17, 15) is 13.2 Å². The minimum Gasteiger partial charge on any atom is -0.298 e. The van der Waals surface area contributed by atoms with E-state index in [1.165, 1.54) is 0 Å².